The maximum Gasteiger partial charge on any atom is 0.0600 e. The lowest BCUT2D eigenvalue weighted by atomic mass is 10.2. The third kappa shape index (κ3) is 2.86. The van der Waals surface area contributed by atoms with Crippen LogP contribution in [0.15, 0.2) is 85.2 Å². The van der Waals surface area contributed by atoms with Crippen LogP contribution in [0.1, 0.15) is 5.56 Å². The van der Waals surface area contributed by atoms with E-state index in [1.54, 1.807) is 6.20 Å². The van der Waals surface area contributed by atoms with Gasteiger partial charge >= 0.3 is 0 Å². The van der Waals surface area contributed by atoms with Crippen molar-refractivity contribution in [3.63, 3.8) is 0 Å². The molecule has 0 atom stereocenters. The molecule has 0 amide bonds. The van der Waals surface area contributed by atoms with Gasteiger partial charge in [-0.15, -0.1) is 0 Å². The van der Waals surface area contributed by atoms with Crippen molar-refractivity contribution in [1.29, 1.82) is 0 Å². The van der Waals surface area contributed by atoms with Crippen LogP contribution in [0.5, 0.6) is 0 Å². The lowest BCUT2D eigenvalue weighted by Crippen LogP contribution is -2.16. The lowest BCUT2D eigenvalue weighted by molar-refractivity contribution is 0.969. The standard InChI is InChI=1S/C18H16N2/c1-3-8-16(9-4-1)15-20(17-10-5-2-6-11-17)18-12-7-13-19-14-18/h1-14H,15H2. The molecule has 0 saturated carbocycles. The Bertz CT molecular complexity index is 597. The van der Waals surface area contributed by atoms with Crippen LogP contribution in [0.3, 0.4) is 0 Å². The van der Waals surface area contributed by atoms with Crippen molar-refractivity contribution in [3.8, 4) is 0 Å². The monoisotopic (exact) mass is 260 g/mol. The average molecular weight is 260 g/mol. The maximum absolute atomic E-state index is 4.23. The van der Waals surface area contributed by atoms with Crippen molar-refractivity contribution >= 4 is 11.4 Å². The summed E-state index contributed by atoms with van der Waals surface area (Å²) in [6.07, 6.45) is 3.70. The number of nitrogens with zero attached hydrogens (tertiary/aromatic N) is 2. The van der Waals surface area contributed by atoms with E-state index in [2.05, 4.69) is 64.5 Å². The van der Waals surface area contributed by atoms with E-state index in [0.29, 0.717) is 0 Å². The Balaban J connectivity index is 1.96. The van der Waals surface area contributed by atoms with Gasteiger partial charge in [-0.2, -0.15) is 0 Å². The molecule has 0 spiro atoms. The molecule has 98 valence electrons. The molecule has 2 nitrogen and oxygen atoms in total. The minimum Gasteiger partial charge on any atom is -0.336 e. The molecule has 0 saturated heterocycles. The number of aromatic nitrogens is 1. The molecule has 0 aliphatic rings. The summed E-state index contributed by atoms with van der Waals surface area (Å²) < 4.78 is 0. The predicted octanol–water partition coefficient (Wildman–Crippen LogP) is 4.42. The van der Waals surface area contributed by atoms with Gasteiger partial charge in [0.1, 0.15) is 0 Å². The van der Waals surface area contributed by atoms with Crippen molar-refractivity contribution in [1.82, 2.24) is 4.98 Å². The Labute approximate surface area is 119 Å². The van der Waals surface area contributed by atoms with Gasteiger partial charge in [-0.05, 0) is 29.8 Å². The minimum absolute atomic E-state index is 0.830. The number of para-hydroxylation sites is 1. The molecule has 1 heterocycles. The fraction of sp³-hybridized carbons (Fsp3) is 0.0556. The first-order chi connectivity index (χ1) is 9.93. The second-order valence-corrected chi connectivity index (χ2v) is 4.62. The molecule has 2 heteroatoms. The van der Waals surface area contributed by atoms with Crippen LogP contribution >= 0.6 is 0 Å². The Morgan fingerprint density at radius 2 is 1.35 bits per heavy atom. The summed E-state index contributed by atoms with van der Waals surface area (Å²) in [6, 6.07) is 24.9. The first-order valence-corrected chi connectivity index (χ1v) is 6.70. The van der Waals surface area contributed by atoms with Crippen LogP contribution < -0.4 is 4.90 Å². The zero-order valence-corrected chi connectivity index (χ0v) is 11.2. The lowest BCUT2D eigenvalue weighted by Gasteiger charge is -2.24. The smallest absolute Gasteiger partial charge is 0.0600 e. The summed E-state index contributed by atoms with van der Waals surface area (Å²) in [5, 5.41) is 0. The maximum atomic E-state index is 4.23. The van der Waals surface area contributed by atoms with Crippen molar-refractivity contribution in [3.05, 3.63) is 90.8 Å². The summed E-state index contributed by atoms with van der Waals surface area (Å²) in [5.74, 6) is 0. The molecule has 0 aliphatic carbocycles. The molecule has 0 aliphatic heterocycles. The Hall–Kier alpha value is -2.61. The summed E-state index contributed by atoms with van der Waals surface area (Å²) >= 11 is 0. The van der Waals surface area contributed by atoms with Crippen LogP contribution in [0.25, 0.3) is 0 Å². The van der Waals surface area contributed by atoms with Crippen LogP contribution in [-0.2, 0) is 6.54 Å². The summed E-state index contributed by atoms with van der Waals surface area (Å²) in [5.41, 5.74) is 3.55. The van der Waals surface area contributed by atoms with Crippen molar-refractivity contribution in [2.24, 2.45) is 0 Å². The number of benzene rings is 2. The number of hydrogen-bond donors (Lipinski definition) is 0. The van der Waals surface area contributed by atoms with Gasteiger partial charge in [0.2, 0.25) is 0 Å². The first kappa shape index (κ1) is 12.4. The minimum atomic E-state index is 0.830. The van der Waals surface area contributed by atoms with E-state index in [9.17, 15) is 0 Å². The Kier molecular flexibility index (Phi) is 3.74. The highest BCUT2D eigenvalue weighted by Gasteiger charge is 2.09. The van der Waals surface area contributed by atoms with E-state index < -0.39 is 0 Å². The van der Waals surface area contributed by atoms with Crippen molar-refractivity contribution in [2.45, 2.75) is 6.54 Å². The van der Waals surface area contributed by atoms with Gasteiger partial charge in [-0.1, -0.05) is 48.5 Å². The average Bonchev–Trinajstić information content (AvgIpc) is 2.55. The van der Waals surface area contributed by atoms with E-state index in [1.165, 1.54) is 11.3 Å². The van der Waals surface area contributed by atoms with E-state index in [-0.39, 0.29) is 0 Å². The molecular formula is C18H16N2. The van der Waals surface area contributed by atoms with Gasteiger partial charge in [0, 0.05) is 18.4 Å². The second-order valence-electron chi connectivity index (χ2n) is 4.62. The summed E-state index contributed by atoms with van der Waals surface area (Å²) in [7, 11) is 0. The largest absolute Gasteiger partial charge is 0.336 e. The van der Waals surface area contributed by atoms with Crippen molar-refractivity contribution < 1.29 is 0 Å². The Morgan fingerprint density at radius 1 is 0.700 bits per heavy atom. The van der Waals surface area contributed by atoms with Crippen LogP contribution in [-0.4, -0.2) is 4.98 Å². The summed E-state index contributed by atoms with van der Waals surface area (Å²) in [4.78, 5) is 6.50. The molecule has 1 aromatic heterocycles. The molecule has 0 fully saturated rings. The molecule has 2 aromatic carbocycles. The Morgan fingerprint density at radius 3 is 2.00 bits per heavy atom. The highest BCUT2D eigenvalue weighted by molar-refractivity contribution is 5.62. The molecule has 0 bridgehead atoms. The fourth-order valence-corrected chi connectivity index (χ4v) is 2.22. The number of anilines is 2. The first-order valence-electron chi connectivity index (χ1n) is 6.70. The predicted molar refractivity (Wildman–Crippen MR) is 83.0 cm³/mol. The third-order valence-electron chi connectivity index (χ3n) is 3.21. The number of pyridine rings is 1. The van der Waals surface area contributed by atoms with Gasteiger partial charge < -0.3 is 4.90 Å². The van der Waals surface area contributed by atoms with Gasteiger partial charge in [-0.3, -0.25) is 4.98 Å². The molecule has 3 rings (SSSR count). The van der Waals surface area contributed by atoms with Crippen LogP contribution in [0.4, 0.5) is 11.4 Å². The topological polar surface area (TPSA) is 16.1 Å². The number of rotatable bonds is 4. The normalized spacial score (nSPS) is 10.2. The van der Waals surface area contributed by atoms with E-state index >= 15 is 0 Å². The summed E-state index contributed by atoms with van der Waals surface area (Å²) in [6.45, 7) is 0.830. The molecule has 3 aromatic rings. The highest BCUT2D eigenvalue weighted by atomic mass is 15.1. The zero-order chi connectivity index (χ0) is 13.6. The fourth-order valence-electron chi connectivity index (χ4n) is 2.22. The van der Waals surface area contributed by atoms with E-state index in [1.807, 2.05) is 24.4 Å². The quantitative estimate of drug-likeness (QED) is 0.690. The van der Waals surface area contributed by atoms with Gasteiger partial charge in [0.15, 0.2) is 0 Å². The molecule has 0 radical (unpaired) electrons. The molecule has 20 heavy (non-hydrogen) atoms. The van der Waals surface area contributed by atoms with Crippen LogP contribution in [0.2, 0.25) is 0 Å². The van der Waals surface area contributed by atoms with E-state index in [4.69, 9.17) is 0 Å². The molecule has 0 unspecified atom stereocenters. The number of hydrogen-bond acceptors (Lipinski definition) is 2. The van der Waals surface area contributed by atoms with Gasteiger partial charge in [-0.25, -0.2) is 0 Å². The second kappa shape index (κ2) is 6.02. The molecular weight excluding hydrogens is 244 g/mol. The van der Waals surface area contributed by atoms with Crippen LogP contribution in [0, 0.1) is 0 Å². The third-order valence-corrected chi connectivity index (χ3v) is 3.21. The van der Waals surface area contributed by atoms with Gasteiger partial charge in [0.25, 0.3) is 0 Å². The highest BCUT2D eigenvalue weighted by Crippen LogP contribution is 2.26. The van der Waals surface area contributed by atoms with Crippen molar-refractivity contribution in [2.75, 3.05) is 4.90 Å². The molecule has 0 N–H and O–H groups in total. The zero-order valence-electron chi connectivity index (χ0n) is 11.2. The van der Waals surface area contributed by atoms with Gasteiger partial charge in [0.05, 0.1) is 11.9 Å². The van der Waals surface area contributed by atoms with E-state index in [0.717, 1.165) is 12.2 Å². The SMILES string of the molecule is c1ccc(CN(c2ccccc2)c2cccnc2)cc1.